The Morgan fingerprint density at radius 3 is 2.81 bits per heavy atom. The van der Waals surface area contributed by atoms with Crippen LogP contribution < -0.4 is 5.56 Å². The number of pyridine rings is 1. The molecule has 4 aromatic rings. The molecule has 26 heavy (non-hydrogen) atoms. The summed E-state index contributed by atoms with van der Waals surface area (Å²) in [5.74, 6) is 0.979. The van der Waals surface area contributed by atoms with Crippen LogP contribution in [0.25, 0.3) is 28.2 Å². The molecule has 0 saturated carbocycles. The van der Waals surface area contributed by atoms with Crippen LogP contribution in [0.1, 0.15) is 19.5 Å². The van der Waals surface area contributed by atoms with E-state index in [0.717, 1.165) is 11.3 Å². The molecular weight excluding hydrogens is 328 g/mol. The lowest BCUT2D eigenvalue weighted by Crippen LogP contribution is -2.26. The third-order valence-corrected chi connectivity index (χ3v) is 4.08. The van der Waals surface area contributed by atoms with Crippen molar-refractivity contribution in [1.82, 2.24) is 29.7 Å². The molecule has 4 rings (SSSR count). The first kappa shape index (κ1) is 16.1. The second-order valence-electron chi connectivity index (χ2n) is 6.53. The van der Waals surface area contributed by atoms with Crippen LogP contribution in [0.5, 0.6) is 0 Å². The fraction of sp³-hybridized carbons (Fsp3) is 0.211. The van der Waals surface area contributed by atoms with Crippen LogP contribution in [0.15, 0.2) is 53.7 Å². The molecule has 0 aliphatic rings. The SMILES string of the molecule is CC(C)Cc1nc2cccnc2n(-c2cccc(-c3ncn[nH]3)c2)c1=O. The number of H-pyrrole nitrogens is 1. The van der Waals surface area contributed by atoms with Gasteiger partial charge in [0.1, 0.15) is 17.5 Å². The molecule has 0 spiro atoms. The van der Waals surface area contributed by atoms with E-state index < -0.39 is 0 Å². The highest BCUT2D eigenvalue weighted by Crippen LogP contribution is 2.20. The topological polar surface area (TPSA) is 89.3 Å². The van der Waals surface area contributed by atoms with Crippen LogP contribution in [0.3, 0.4) is 0 Å². The largest absolute Gasteiger partial charge is 0.278 e. The molecule has 0 bridgehead atoms. The molecule has 0 saturated heterocycles. The summed E-state index contributed by atoms with van der Waals surface area (Å²) in [6, 6.07) is 11.3. The fourth-order valence-electron chi connectivity index (χ4n) is 2.96. The predicted octanol–water partition coefficient (Wildman–Crippen LogP) is 2.76. The van der Waals surface area contributed by atoms with Gasteiger partial charge in [0.15, 0.2) is 11.5 Å². The summed E-state index contributed by atoms with van der Waals surface area (Å²) < 4.78 is 1.62. The summed E-state index contributed by atoms with van der Waals surface area (Å²) >= 11 is 0. The van der Waals surface area contributed by atoms with Gasteiger partial charge in [0.05, 0.1) is 5.69 Å². The van der Waals surface area contributed by atoms with E-state index >= 15 is 0 Å². The number of nitrogens with one attached hydrogen (secondary N) is 1. The number of aromatic amines is 1. The first-order valence-electron chi connectivity index (χ1n) is 8.46. The van der Waals surface area contributed by atoms with Gasteiger partial charge in [-0.1, -0.05) is 26.0 Å². The Hall–Kier alpha value is -3.35. The molecule has 3 aromatic heterocycles. The van der Waals surface area contributed by atoms with Gasteiger partial charge < -0.3 is 0 Å². The van der Waals surface area contributed by atoms with Crippen molar-refractivity contribution in [1.29, 1.82) is 0 Å². The zero-order valence-corrected chi connectivity index (χ0v) is 14.5. The van der Waals surface area contributed by atoms with E-state index in [0.29, 0.717) is 35.0 Å². The van der Waals surface area contributed by atoms with Crippen LogP contribution in [0.2, 0.25) is 0 Å². The Morgan fingerprint density at radius 2 is 2.04 bits per heavy atom. The van der Waals surface area contributed by atoms with E-state index in [2.05, 4.69) is 39.0 Å². The first-order valence-corrected chi connectivity index (χ1v) is 8.46. The Bertz CT molecular complexity index is 1110. The third-order valence-electron chi connectivity index (χ3n) is 4.08. The molecule has 0 aliphatic carbocycles. The monoisotopic (exact) mass is 346 g/mol. The van der Waals surface area contributed by atoms with Crippen LogP contribution >= 0.6 is 0 Å². The van der Waals surface area contributed by atoms with E-state index in [9.17, 15) is 4.79 Å². The van der Waals surface area contributed by atoms with Crippen molar-refractivity contribution in [3.63, 3.8) is 0 Å². The number of hydrogen-bond donors (Lipinski definition) is 1. The van der Waals surface area contributed by atoms with Crippen LogP contribution in [-0.4, -0.2) is 29.7 Å². The van der Waals surface area contributed by atoms with Crippen molar-refractivity contribution in [2.45, 2.75) is 20.3 Å². The van der Waals surface area contributed by atoms with Gasteiger partial charge in [0.2, 0.25) is 0 Å². The van der Waals surface area contributed by atoms with Crippen molar-refractivity contribution in [3.8, 4) is 17.1 Å². The van der Waals surface area contributed by atoms with Gasteiger partial charge in [-0.25, -0.2) is 15.0 Å². The molecule has 0 atom stereocenters. The van der Waals surface area contributed by atoms with Gasteiger partial charge >= 0.3 is 0 Å². The maximum atomic E-state index is 13.1. The first-order chi connectivity index (χ1) is 12.6. The number of benzene rings is 1. The van der Waals surface area contributed by atoms with E-state index in [-0.39, 0.29) is 5.56 Å². The van der Waals surface area contributed by atoms with Gasteiger partial charge in [-0.05, 0) is 36.6 Å². The Kier molecular flexibility index (Phi) is 4.04. The van der Waals surface area contributed by atoms with Crippen molar-refractivity contribution in [3.05, 3.63) is 65.0 Å². The highest BCUT2D eigenvalue weighted by atomic mass is 16.1. The van der Waals surface area contributed by atoms with Crippen molar-refractivity contribution in [2.75, 3.05) is 0 Å². The Labute approximate surface area is 149 Å². The van der Waals surface area contributed by atoms with E-state index in [1.165, 1.54) is 6.33 Å². The van der Waals surface area contributed by atoms with Crippen LogP contribution in [-0.2, 0) is 6.42 Å². The molecule has 130 valence electrons. The second kappa shape index (κ2) is 6.51. The summed E-state index contributed by atoms with van der Waals surface area (Å²) in [6.45, 7) is 4.15. The van der Waals surface area contributed by atoms with Gasteiger partial charge in [0.25, 0.3) is 5.56 Å². The molecule has 1 aromatic carbocycles. The van der Waals surface area contributed by atoms with Crippen molar-refractivity contribution in [2.24, 2.45) is 5.92 Å². The molecule has 1 N–H and O–H groups in total. The van der Waals surface area contributed by atoms with E-state index in [1.807, 2.05) is 36.4 Å². The van der Waals surface area contributed by atoms with Gasteiger partial charge in [-0.3, -0.25) is 14.5 Å². The third kappa shape index (κ3) is 2.88. The molecule has 0 aliphatic heterocycles. The number of aromatic nitrogens is 6. The highest BCUT2D eigenvalue weighted by Gasteiger charge is 2.15. The normalized spacial score (nSPS) is 11.3. The number of fused-ring (bicyclic) bond motifs is 1. The fourth-order valence-corrected chi connectivity index (χ4v) is 2.96. The molecular formula is C19H18N6O. The average Bonchev–Trinajstić information content (AvgIpc) is 3.17. The molecule has 0 unspecified atom stereocenters. The standard InChI is InChI=1S/C19H18N6O/c1-12(2)9-16-19(26)25(18-15(23-16)7-4-8-20-18)14-6-3-5-13(10-14)17-21-11-22-24-17/h3-8,10-12H,9H2,1-2H3,(H,21,22,24). The number of rotatable bonds is 4. The summed E-state index contributed by atoms with van der Waals surface area (Å²) in [4.78, 5) is 26.3. The lowest BCUT2D eigenvalue weighted by atomic mass is 10.1. The zero-order chi connectivity index (χ0) is 18.1. The summed E-state index contributed by atoms with van der Waals surface area (Å²) in [5, 5.41) is 6.73. The molecule has 7 heteroatoms. The van der Waals surface area contributed by atoms with Crippen LogP contribution in [0.4, 0.5) is 0 Å². The Morgan fingerprint density at radius 1 is 1.15 bits per heavy atom. The Balaban J connectivity index is 1.97. The molecule has 3 heterocycles. The summed E-state index contributed by atoms with van der Waals surface area (Å²) in [5.41, 5.74) is 3.22. The summed E-state index contributed by atoms with van der Waals surface area (Å²) in [6.07, 6.45) is 3.74. The average molecular weight is 346 g/mol. The van der Waals surface area contributed by atoms with Crippen LogP contribution in [0, 0.1) is 5.92 Å². The van der Waals surface area contributed by atoms with Gasteiger partial charge in [0, 0.05) is 11.8 Å². The minimum Gasteiger partial charge on any atom is -0.267 e. The van der Waals surface area contributed by atoms with Gasteiger partial charge in [-0.15, -0.1) is 0 Å². The minimum atomic E-state index is -0.139. The lowest BCUT2D eigenvalue weighted by Gasteiger charge is -2.13. The molecule has 0 amide bonds. The maximum Gasteiger partial charge on any atom is 0.278 e. The summed E-state index contributed by atoms with van der Waals surface area (Å²) in [7, 11) is 0. The van der Waals surface area contributed by atoms with E-state index in [4.69, 9.17) is 0 Å². The smallest absolute Gasteiger partial charge is 0.267 e. The second-order valence-corrected chi connectivity index (χ2v) is 6.53. The highest BCUT2D eigenvalue weighted by molar-refractivity contribution is 5.73. The number of hydrogen-bond acceptors (Lipinski definition) is 5. The van der Waals surface area contributed by atoms with Gasteiger partial charge in [-0.2, -0.15) is 5.10 Å². The van der Waals surface area contributed by atoms with Crippen molar-refractivity contribution < 1.29 is 0 Å². The van der Waals surface area contributed by atoms with E-state index in [1.54, 1.807) is 10.8 Å². The molecule has 0 radical (unpaired) electrons. The maximum absolute atomic E-state index is 13.1. The predicted molar refractivity (Wildman–Crippen MR) is 99.1 cm³/mol. The molecule has 0 fully saturated rings. The number of nitrogens with zero attached hydrogens (tertiary/aromatic N) is 5. The quantitative estimate of drug-likeness (QED) is 0.614. The minimum absolute atomic E-state index is 0.139. The lowest BCUT2D eigenvalue weighted by molar-refractivity contribution is 0.628. The molecule has 7 nitrogen and oxygen atoms in total. The zero-order valence-electron chi connectivity index (χ0n) is 14.5. The van der Waals surface area contributed by atoms with Crippen molar-refractivity contribution >= 4 is 11.2 Å².